The zero-order valence-corrected chi connectivity index (χ0v) is 13.6. The van der Waals surface area contributed by atoms with E-state index < -0.39 is 0 Å². The van der Waals surface area contributed by atoms with Crippen LogP contribution in [0.15, 0.2) is 23.8 Å². The summed E-state index contributed by atoms with van der Waals surface area (Å²) in [5.74, 6) is 0.822. The molecule has 6 heteroatoms. The van der Waals surface area contributed by atoms with Gasteiger partial charge < -0.3 is 0 Å². The monoisotopic (exact) mass is 326 g/mol. The lowest BCUT2D eigenvalue weighted by Gasteiger charge is -2.03. The van der Waals surface area contributed by atoms with Crippen LogP contribution in [-0.2, 0) is 12.8 Å². The van der Waals surface area contributed by atoms with Crippen molar-refractivity contribution >= 4 is 22.7 Å². The summed E-state index contributed by atoms with van der Waals surface area (Å²) >= 11 is 3.35. The van der Waals surface area contributed by atoms with E-state index in [1.807, 2.05) is 22.2 Å². The number of nitriles is 1. The van der Waals surface area contributed by atoms with Crippen molar-refractivity contribution in [3.05, 3.63) is 39.8 Å². The van der Waals surface area contributed by atoms with Crippen LogP contribution < -0.4 is 0 Å². The van der Waals surface area contributed by atoms with Gasteiger partial charge in [-0.1, -0.05) is 12.5 Å². The van der Waals surface area contributed by atoms with Crippen molar-refractivity contribution in [3.8, 4) is 21.8 Å². The molecule has 4 rings (SSSR count). The Kier molecular flexibility index (Phi) is 3.53. The molecule has 0 atom stereocenters. The first kappa shape index (κ1) is 13.7. The van der Waals surface area contributed by atoms with E-state index in [1.54, 1.807) is 29.0 Å². The van der Waals surface area contributed by atoms with Gasteiger partial charge in [0.1, 0.15) is 17.4 Å². The smallest absolute Gasteiger partial charge is 0.174 e. The normalized spacial score (nSPS) is 14.3. The van der Waals surface area contributed by atoms with Crippen LogP contribution in [0.4, 0.5) is 0 Å². The molecular weight excluding hydrogens is 312 g/mol. The number of hydrogen-bond acceptors (Lipinski definition) is 5. The molecule has 22 heavy (non-hydrogen) atoms. The molecule has 4 nitrogen and oxygen atoms in total. The van der Waals surface area contributed by atoms with Crippen LogP contribution in [0.3, 0.4) is 0 Å². The molecule has 0 fully saturated rings. The number of nitrogens with zero attached hydrogens (tertiary/aromatic N) is 4. The van der Waals surface area contributed by atoms with Crippen molar-refractivity contribution < 1.29 is 0 Å². The summed E-state index contributed by atoms with van der Waals surface area (Å²) in [5, 5.41) is 17.0. The molecule has 0 N–H and O–H groups in total. The fourth-order valence-electron chi connectivity index (χ4n) is 2.96. The van der Waals surface area contributed by atoms with Crippen molar-refractivity contribution in [1.82, 2.24) is 14.8 Å². The van der Waals surface area contributed by atoms with Gasteiger partial charge in [0.15, 0.2) is 5.82 Å². The largest absolute Gasteiger partial charge is 0.214 e. The van der Waals surface area contributed by atoms with Crippen LogP contribution in [-0.4, -0.2) is 14.8 Å². The van der Waals surface area contributed by atoms with E-state index >= 15 is 0 Å². The lowest BCUT2D eigenvalue weighted by molar-refractivity contribution is 0.712. The van der Waals surface area contributed by atoms with E-state index in [9.17, 15) is 5.26 Å². The third kappa shape index (κ3) is 2.18. The lowest BCUT2D eigenvalue weighted by atomic mass is 10.1. The number of aryl methyl sites for hydroxylation is 1. The molecule has 0 bridgehead atoms. The minimum Gasteiger partial charge on any atom is -0.214 e. The maximum Gasteiger partial charge on any atom is 0.174 e. The standard InChI is InChI=1S/C16H14N4S2/c17-9-12-11-5-2-1-3-6-13(11)22-16(12)20-15(18-10-19-20)14-7-4-8-21-14/h4,7-8,10H,1-3,5-6H2. The Morgan fingerprint density at radius 1 is 1.23 bits per heavy atom. The van der Waals surface area contributed by atoms with E-state index in [1.165, 1.54) is 29.7 Å². The fourth-order valence-corrected chi connectivity index (χ4v) is 4.96. The summed E-state index contributed by atoms with van der Waals surface area (Å²) in [6.45, 7) is 0. The first-order valence-electron chi connectivity index (χ1n) is 7.37. The van der Waals surface area contributed by atoms with Gasteiger partial charge >= 0.3 is 0 Å². The summed E-state index contributed by atoms with van der Waals surface area (Å²) in [6, 6.07) is 6.46. The maximum absolute atomic E-state index is 9.67. The molecule has 0 saturated carbocycles. The summed E-state index contributed by atoms with van der Waals surface area (Å²) in [7, 11) is 0. The van der Waals surface area contributed by atoms with Gasteiger partial charge in [0.2, 0.25) is 0 Å². The van der Waals surface area contributed by atoms with Crippen molar-refractivity contribution in [3.63, 3.8) is 0 Å². The zero-order chi connectivity index (χ0) is 14.9. The third-order valence-electron chi connectivity index (χ3n) is 4.00. The Morgan fingerprint density at radius 2 is 2.14 bits per heavy atom. The highest BCUT2D eigenvalue weighted by atomic mass is 32.1. The number of thiophene rings is 2. The van der Waals surface area contributed by atoms with Gasteiger partial charge in [-0.05, 0) is 42.7 Å². The number of fused-ring (bicyclic) bond motifs is 1. The van der Waals surface area contributed by atoms with Gasteiger partial charge in [-0.3, -0.25) is 0 Å². The minimum atomic E-state index is 0.796. The molecule has 0 saturated heterocycles. The molecule has 110 valence electrons. The second-order valence-corrected chi connectivity index (χ2v) is 7.36. The Hall–Kier alpha value is -1.97. The Morgan fingerprint density at radius 3 is 2.95 bits per heavy atom. The molecular formula is C16H14N4S2. The summed E-state index contributed by atoms with van der Waals surface area (Å²) in [5.41, 5.74) is 2.04. The summed E-state index contributed by atoms with van der Waals surface area (Å²) in [6.07, 6.45) is 7.31. The topological polar surface area (TPSA) is 54.5 Å². The Labute approximate surface area is 136 Å². The maximum atomic E-state index is 9.67. The SMILES string of the molecule is N#Cc1c(-n2ncnc2-c2cccs2)sc2c1CCCCC2. The first-order chi connectivity index (χ1) is 10.9. The van der Waals surface area contributed by atoms with Gasteiger partial charge in [-0.2, -0.15) is 10.4 Å². The number of hydrogen-bond donors (Lipinski definition) is 0. The second kappa shape index (κ2) is 5.67. The number of aromatic nitrogens is 3. The van der Waals surface area contributed by atoms with Crippen molar-refractivity contribution in [2.45, 2.75) is 32.1 Å². The molecule has 0 radical (unpaired) electrons. The Balaban J connectivity index is 1.88. The second-order valence-electron chi connectivity index (χ2n) is 5.33. The highest BCUT2D eigenvalue weighted by Crippen LogP contribution is 2.37. The van der Waals surface area contributed by atoms with E-state index in [4.69, 9.17) is 0 Å². The van der Waals surface area contributed by atoms with Gasteiger partial charge in [-0.25, -0.2) is 9.67 Å². The van der Waals surface area contributed by atoms with Gasteiger partial charge in [-0.15, -0.1) is 22.7 Å². The third-order valence-corrected chi connectivity index (χ3v) is 6.13. The van der Waals surface area contributed by atoms with Crippen LogP contribution in [0.25, 0.3) is 15.7 Å². The fraction of sp³-hybridized carbons (Fsp3) is 0.312. The van der Waals surface area contributed by atoms with Crippen LogP contribution >= 0.6 is 22.7 Å². The minimum absolute atomic E-state index is 0.796. The molecule has 0 amide bonds. The average Bonchev–Trinajstić information content (AvgIpc) is 3.23. The first-order valence-corrected chi connectivity index (χ1v) is 9.07. The molecule has 0 aliphatic heterocycles. The predicted octanol–water partition coefficient (Wildman–Crippen LogP) is 4.20. The van der Waals surface area contributed by atoms with Gasteiger partial charge in [0, 0.05) is 4.88 Å². The highest BCUT2D eigenvalue weighted by molar-refractivity contribution is 7.15. The Bertz CT molecular complexity index is 836. The van der Waals surface area contributed by atoms with Crippen molar-refractivity contribution in [2.75, 3.05) is 0 Å². The molecule has 0 spiro atoms. The molecule has 3 heterocycles. The van der Waals surface area contributed by atoms with Gasteiger partial charge in [0.25, 0.3) is 0 Å². The number of rotatable bonds is 2. The van der Waals surface area contributed by atoms with Crippen LogP contribution in [0, 0.1) is 11.3 Å². The summed E-state index contributed by atoms with van der Waals surface area (Å²) in [4.78, 5) is 6.83. The van der Waals surface area contributed by atoms with Crippen LogP contribution in [0.1, 0.15) is 35.3 Å². The van der Waals surface area contributed by atoms with E-state index in [0.717, 1.165) is 34.1 Å². The molecule has 1 aliphatic carbocycles. The quantitative estimate of drug-likeness (QED) is 0.663. The van der Waals surface area contributed by atoms with Crippen LogP contribution in [0.2, 0.25) is 0 Å². The van der Waals surface area contributed by atoms with E-state index in [0.29, 0.717) is 0 Å². The van der Waals surface area contributed by atoms with Crippen molar-refractivity contribution in [1.29, 1.82) is 5.26 Å². The predicted molar refractivity (Wildman–Crippen MR) is 88.5 cm³/mol. The molecule has 3 aromatic heterocycles. The molecule has 0 unspecified atom stereocenters. The van der Waals surface area contributed by atoms with E-state index in [-0.39, 0.29) is 0 Å². The molecule has 3 aromatic rings. The molecule has 1 aliphatic rings. The van der Waals surface area contributed by atoms with Crippen LogP contribution in [0.5, 0.6) is 0 Å². The van der Waals surface area contributed by atoms with Gasteiger partial charge in [0.05, 0.1) is 10.4 Å². The molecule has 0 aromatic carbocycles. The highest BCUT2D eigenvalue weighted by Gasteiger charge is 2.23. The van der Waals surface area contributed by atoms with E-state index in [2.05, 4.69) is 16.2 Å². The van der Waals surface area contributed by atoms with Crippen molar-refractivity contribution in [2.24, 2.45) is 0 Å². The lowest BCUT2D eigenvalue weighted by Crippen LogP contribution is -1.99. The summed E-state index contributed by atoms with van der Waals surface area (Å²) < 4.78 is 1.84. The zero-order valence-electron chi connectivity index (χ0n) is 12.0. The average molecular weight is 326 g/mol.